The van der Waals surface area contributed by atoms with E-state index in [2.05, 4.69) is 10.6 Å². The van der Waals surface area contributed by atoms with Crippen LogP contribution in [0.2, 0.25) is 10.0 Å². The maximum absolute atomic E-state index is 12.3. The number of halogens is 2. The zero-order valence-electron chi connectivity index (χ0n) is 13.0. The monoisotopic (exact) mass is 346 g/mol. The molecule has 0 aliphatic rings. The highest BCUT2D eigenvalue weighted by Gasteiger charge is 2.25. The van der Waals surface area contributed by atoms with Gasteiger partial charge in [0.1, 0.15) is 0 Å². The van der Waals surface area contributed by atoms with Crippen molar-refractivity contribution in [2.24, 2.45) is 0 Å². The van der Waals surface area contributed by atoms with Gasteiger partial charge in [-0.3, -0.25) is 9.59 Å². The Balaban J connectivity index is 2.71. The van der Waals surface area contributed by atoms with Gasteiger partial charge in [0.25, 0.3) is 11.8 Å². The van der Waals surface area contributed by atoms with Crippen LogP contribution >= 0.6 is 23.2 Å². The molecule has 1 rings (SSSR count). The molecule has 2 atom stereocenters. The van der Waals surface area contributed by atoms with E-state index in [1.54, 1.807) is 25.1 Å². The summed E-state index contributed by atoms with van der Waals surface area (Å²) in [5, 5.41) is 6.44. The number of benzene rings is 1. The third kappa shape index (κ3) is 5.83. The van der Waals surface area contributed by atoms with Crippen molar-refractivity contribution in [1.29, 1.82) is 0 Å². The predicted octanol–water partition coefficient (Wildman–Crippen LogP) is 1.36. The molecule has 0 aromatic heterocycles. The molecule has 3 N–H and O–H groups in total. The number of quaternary nitrogens is 1. The number of carbonyl (C=O) groups excluding carboxylic acids is 2. The van der Waals surface area contributed by atoms with Gasteiger partial charge in [-0.1, -0.05) is 23.2 Å². The molecule has 0 fully saturated rings. The summed E-state index contributed by atoms with van der Waals surface area (Å²) in [4.78, 5) is 24.9. The molecule has 22 heavy (non-hydrogen) atoms. The number of hydrogen-bond donors (Lipinski definition) is 3. The molecular formula is C15H22Cl2N3O2+. The molecule has 1 unspecified atom stereocenters. The fraction of sp³-hybridized carbons (Fsp3) is 0.467. The van der Waals surface area contributed by atoms with E-state index >= 15 is 0 Å². The fourth-order valence-electron chi connectivity index (χ4n) is 2.11. The van der Waals surface area contributed by atoms with Gasteiger partial charge in [-0.25, -0.2) is 0 Å². The van der Waals surface area contributed by atoms with Crippen LogP contribution in [0.4, 0.5) is 5.69 Å². The second-order valence-corrected chi connectivity index (χ2v) is 5.88. The largest absolute Gasteiger partial charge is 0.351 e. The highest BCUT2D eigenvalue weighted by atomic mass is 35.5. The number of carbonyl (C=O) groups is 2. The van der Waals surface area contributed by atoms with E-state index in [1.807, 2.05) is 13.8 Å². The Bertz CT molecular complexity index is 517. The van der Waals surface area contributed by atoms with Gasteiger partial charge in [0.2, 0.25) is 0 Å². The molecule has 0 bridgehead atoms. The topological polar surface area (TPSA) is 62.6 Å². The second kappa shape index (κ2) is 8.98. The lowest BCUT2D eigenvalue weighted by Crippen LogP contribution is -3.17. The summed E-state index contributed by atoms with van der Waals surface area (Å²) in [5.41, 5.74) is 0.544. The van der Waals surface area contributed by atoms with E-state index in [1.165, 1.54) is 0 Å². The minimum Gasteiger partial charge on any atom is -0.351 e. The summed E-state index contributed by atoms with van der Waals surface area (Å²) in [7, 11) is 0. The lowest BCUT2D eigenvalue weighted by atomic mass is 10.2. The highest BCUT2D eigenvalue weighted by molar-refractivity contribution is 6.35. The minimum atomic E-state index is -0.370. The standard InChI is InChI=1S/C15H21Cl2N3O2/c1-4-18-14(21)9-20(5-2)10(3)15(22)19-13-7-11(16)6-12(17)8-13/h6-8,10H,4-5,9H2,1-3H3,(H,18,21)(H,19,22)/p+1/t10-/m1/s1. The van der Waals surface area contributed by atoms with E-state index in [0.29, 0.717) is 28.8 Å². The first kappa shape index (κ1) is 18.7. The summed E-state index contributed by atoms with van der Waals surface area (Å²) in [6, 6.07) is 4.49. The van der Waals surface area contributed by atoms with Crippen LogP contribution in [0.15, 0.2) is 18.2 Å². The van der Waals surface area contributed by atoms with Crippen molar-refractivity contribution in [3.05, 3.63) is 28.2 Å². The molecule has 0 spiro atoms. The summed E-state index contributed by atoms with van der Waals surface area (Å²) in [6.45, 7) is 7.10. The summed E-state index contributed by atoms with van der Waals surface area (Å²) >= 11 is 11.8. The summed E-state index contributed by atoms with van der Waals surface area (Å²) in [6.07, 6.45) is 0. The van der Waals surface area contributed by atoms with Crippen LogP contribution in [0.1, 0.15) is 20.8 Å². The quantitative estimate of drug-likeness (QED) is 0.698. The molecule has 1 aromatic rings. The Morgan fingerprint density at radius 2 is 1.77 bits per heavy atom. The van der Waals surface area contributed by atoms with Crippen molar-refractivity contribution in [3.63, 3.8) is 0 Å². The molecule has 2 amide bonds. The molecule has 122 valence electrons. The summed E-state index contributed by atoms with van der Waals surface area (Å²) in [5.74, 6) is -0.246. The molecule has 7 heteroatoms. The van der Waals surface area contributed by atoms with E-state index in [9.17, 15) is 9.59 Å². The van der Waals surface area contributed by atoms with Gasteiger partial charge in [-0.05, 0) is 39.0 Å². The van der Waals surface area contributed by atoms with Crippen molar-refractivity contribution in [2.45, 2.75) is 26.8 Å². The molecule has 0 aliphatic carbocycles. The first-order valence-electron chi connectivity index (χ1n) is 7.25. The molecule has 0 saturated carbocycles. The van der Waals surface area contributed by atoms with E-state index < -0.39 is 0 Å². The highest BCUT2D eigenvalue weighted by Crippen LogP contribution is 2.22. The lowest BCUT2D eigenvalue weighted by molar-refractivity contribution is -0.904. The fourth-order valence-corrected chi connectivity index (χ4v) is 2.64. The molecule has 1 aromatic carbocycles. The first-order valence-corrected chi connectivity index (χ1v) is 8.01. The minimum absolute atomic E-state index is 0.0650. The van der Waals surface area contributed by atoms with Gasteiger partial charge < -0.3 is 15.5 Å². The van der Waals surface area contributed by atoms with Crippen molar-refractivity contribution < 1.29 is 14.5 Å². The normalized spacial score (nSPS) is 13.3. The van der Waals surface area contributed by atoms with Crippen LogP contribution in [0.3, 0.4) is 0 Å². The molecule has 5 nitrogen and oxygen atoms in total. The molecular weight excluding hydrogens is 325 g/mol. The van der Waals surface area contributed by atoms with Gasteiger partial charge in [0.15, 0.2) is 12.6 Å². The van der Waals surface area contributed by atoms with Crippen LogP contribution in [-0.2, 0) is 9.59 Å². The van der Waals surface area contributed by atoms with Crippen LogP contribution in [0.25, 0.3) is 0 Å². The predicted molar refractivity (Wildman–Crippen MR) is 89.6 cm³/mol. The van der Waals surface area contributed by atoms with Crippen molar-refractivity contribution in [1.82, 2.24) is 5.32 Å². The number of rotatable bonds is 7. The number of hydrogen-bond acceptors (Lipinski definition) is 2. The number of likely N-dealkylation sites (N-methyl/N-ethyl adjacent to an activating group) is 2. The van der Waals surface area contributed by atoms with E-state index in [-0.39, 0.29) is 24.4 Å². The van der Waals surface area contributed by atoms with Crippen LogP contribution < -0.4 is 15.5 Å². The molecule has 0 aliphatic heterocycles. The van der Waals surface area contributed by atoms with Gasteiger partial charge in [0, 0.05) is 22.3 Å². The maximum atomic E-state index is 12.3. The molecule has 0 radical (unpaired) electrons. The number of nitrogens with one attached hydrogen (secondary N) is 3. The van der Waals surface area contributed by atoms with Crippen LogP contribution in [-0.4, -0.2) is 37.5 Å². The summed E-state index contributed by atoms with van der Waals surface area (Å²) < 4.78 is 0. The van der Waals surface area contributed by atoms with Crippen LogP contribution in [0, 0.1) is 0 Å². The Kier molecular flexibility index (Phi) is 7.65. The zero-order chi connectivity index (χ0) is 16.7. The van der Waals surface area contributed by atoms with Gasteiger partial charge >= 0.3 is 0 Å². The van der Waals surface area contributed by atoms with Gasteiger partial charge in [0.05, 0.1) is 6.54 Å². The Hall–Kier alpha value is -1.30. The number of anilines is 1. The van der Waals surface area contributed by atoms with E-state index in [4.69, 9.17) is 23.2 Å². The molecule has 0 saturated heterocycles. The SMILES string of the molecule is CCNC(=O)C[NH+](CC)[C@H](C)C(=O)Nc1cc(Cl)cc(Cl)c1. The maximum Gasteiger partial charge on any atom is 0.282 e. The smallest absolute Gasteiger partial charge is 0.282 e. The van der Waals surface area contributed by atoms with Crippen molar-refractivity contribution in [3.8, 4) is 0 Å². The van der Waals surface area contributed by atoms with Gasteiger partial charge in [-0.15, -0.1) is 0 Å². The average molecular weight is 347 g/mol. The Morgan fingerprint density at radius 3 is 2.27 bits per heavy atom. The third-order valence-electron chi connectivity index (χ3n) is 3.35. The van der Waals surface area contributed by atoms with Gasteiger partial charge in [-0.2, -0.15) is 0 Å². The van der Waals surface area contributed by atoms with Crippen molar-refractivity contribution in [2.75, 3.05) is 25.0 Å². The number of amides is 2. The lowest BCUT2D eigenvalue weighted by Gasteiger charge is -2.23. The third-order valence-corrected chi connectivity index (χ3v) is 3.79. The second-order valence-electron chi connectivity index (χ2n) is 5.01. The zero-order valence-corrected chi connectivity index (χ0v) is 14.5. The Morgan fingerprint density at radius 1 is 1.18 bits per heavy atom. The first-order chi connectivity index (χ1) is 10.4. The van der Waals surface area contributed by atoms with E-state index in [0.717, 1.165) is 4.90 Å². The van der Waals surface area contributed by atoms with Crippen molar-refractivity contribution >= 4 is 40.7 Å². The average Bonchev–Trinajstić information content (AvgIpc) is 2.43. The Labute approximate surface area is 141 Å². The van der Waals surface area contributed by atoms with Crippen LogP contribution in [0.5, 0.6) is 0 Å². The molecule has 0 heterocycles.